The van der Waals surface area contributed by atoms with Gasteiger partial charge in [0.1, 0.15) is 0 Å². The number of amides is 2. The van der Waals surface area contributed by atoms with Gasteiger partial charge in [-0.15, -0.1) is 0 Å². The van der Waals surface area contributed by atoms with E-state index in [2.05, 4.69) is 10.6 Å². The van der Waals surface area contributed by atoms with Crippen molar-refractivity contribution in [2.75, 3.05) is 6.54 Å². The molecule has 0 saturated heterocycles. The molecular weight excluding hydrogens is 206 g/mol. The zero-order chi connectivity index (χ0) is 11.8. The topological polar surface area (TPSA) is 84.2 Å². The van der Waals surface area contributed by atoms with E-state index in [1.807, 2.05) is 24.3 Å². The quantitative estimate of drug-likeness (QED) is 0.567. The van der Waals surface area contributed by atoms with Crippen LogP contribution in [0.25, 0.3) is 0 Å². The van der Waals surface area contributed by atoms with E-state index in [1.165, 1.54) is 0 Å². The number of carbonyl (C=O) groups is 2. The van der Waals surface area contributed by atoms with Crippen molar-refractivity contribution < 1.29 is 9.59 Å². The molecule has 1 rings (SSSR count). The first kappa shape index (κ1) is 12.2. The zero-order valence-electron chi connectivity index (χ0n) is 8.90. The summed E-state index contributed by atoms with van der Waals surface area (Å²) in [6.07, 6.45) is 0.662. The molecule has 5 nitrogen and oxygen atoms in total. The summed E-state index contributed by atoms with van der Waals surface area (Å²) in [5.74, 6) is -0.174. The summed E-state index contributed by atoms with van der Waals surface area (Å²) in [7, 11) is 0. The predicted octanol–water partition coefficient (Wildman–Crippen LogP) is -0.492. The second-order valence-electron chi connectivity index (χ2n) is 3.30. The highest BCUT2D eigenvalue weighted by Crippen LogP contribution is 2.03. The van der Waals surface area contributed by atoms with Crippen LogP contribution in [-0.4, -0.2) is 18.9 Å². The van der Waals surface area contributed by atoms with Gasteiger partial charge < -0.3 is 16.4 Å². The first-order chi connectivity index (χ1) is 7.76. The Morgan fingerprint density at radius 2 is 1.75 bits per heavy atom. The third-order valence-electron chi connectivity index (χ3n) is 2.09. The Bertz CT molecular complexity index is 349. The summed E-state index contributed by atoms with van der Waals surface area (Å²) in [5, 5.41) is 5.25. The van der Waals surface area contributed by atoms with Gasteiger partial charge in [0.25, 0.3) is 0 Å². The summed E-state index contributed by atoms with van der Waals surface area (Å²) in [6.45, 7) is 0.984. The smallest absolute Gasteiger partial charge is 0.234 e. The molecule has 86 valence electrons. The van der Waals surface area contributed by atoms with Crippen molar-refractivity contribution in [3.63, 3.8) is 0 Å². The minimum absolute atomic E-state index is 0.00133. The Morgan fingerprint density at radius 1 is 1.19 bits per heavy atom. The molecule has 0 radical (unpaired) electrons. The maximum absolute atomic E-state index is 10.9. The van der Waals surface area contributed by atoms with Crippen molar-refractivity contribution in [2.24, 2.45) is 5.73 Å². The monoisotopic (exact) mass is 221 g/mol. The van der Waals surface area contributed by atoms with Crippen LogP contribution in [0.1, 0.15) is 11.1 Å². The van der Waals surface area contributed by atoms with E-state index < -0.39 is 0 Å². The fourth-order valence-corrected chi connectivity index (χ4v) is 1.21. The zero-order valence-corrected chi connectivity index (χ0v) is 8.90. The maximum Gasteiger partial charge on any atom is 0.234 e. The number of hydrogen-bond donors (Lipinski definition) is 3. The molecular formula is C11H15N3O2. The van der Waals surface area contributed by atoms with Crippen molar-refractivity contribution in [1.29, 1.82) is 0 Å². The van der Waals surface area contributed by atoms with Gasteiger partial charge in [0.2, 0.25) is 12.3 Å². The molecule has 0 aliphatic carbocycles. The molecule has 1 aromatic rings. The molecule has 0 aliphatic heterocycles. The molecule has 4 N–H and O–H groups in total. The van der Waals surface area contributed by atoms with Crippen molar-refractivity contribution in [3.05, 3.63) is 35.4 Å². The highest BCUT2D eigenvalue weighted by atomic mass is 16.1. The average Bonchev–Trinajstić information content (AvgIpc) is 2.34. The van der Waals surface area contributed by atoms with Gasteiger partial charge in [0.15, 0.2) is 0 Å². The molecule has 0 fully saturated rings. The van der Waals surface area contributed by atoms with Crippen LogP contribution in [-0.2, 0) is 22.7 Å². The molecule has 0 saturated carbocycles. The molecule has 1 aromatic carbocycles. The van der Waals surface area contributed by atoms with Crippen LogP contribution >= 0.6 is 0 Å². The van der Waals surface area contributed by atoms with Crippen LogP contribution in [0.5, 0.6) is 0 Å². The van der Waals surface area contributed by atoms with E-state index >= 15 is 0 Å². The van der Waals surface area contributed by atoms with Crippen molar-refractivity contribution in [3.8, 4) is 0 Å². The van der Waals surface area contributed by atoms with Gasteiger partial charge in [-0.1, -0.05) is 24.3 Å². The van der Waals surface area contributed by atoms with Crippen molar-refractivity contribution >= 4 is 12.3 Å². The second-order valence-corrected chi connectivity index (χ2v) is 3.30. The van der Waals surface area contributed by atoms with E-state index in [0.29, 0.717) is 19.5 Å². The molecule has 0 heterocycles. The molecule has 2 amide bonds. The van der Waals surface area contributed by atoms with Gasteiger partial charge in [-0.3, -0.25) is 9.59 Å². The number of rotatable bonds is 6. The molecule has 0 aliphatic rings. The van der Waals surface area contributed by atoms with Crippen LogP contribution in [0, 0.1) is 0 Å². The largest absolute Gasteiger partial charge is 0.355 e. The van der Waals surface area contributed by atoms with Crippen LogP contribution in [0.3, 0.4) is 0 Å². The Morgan fingerprint density at radius 3 is 2.25 bits per heavy atom. The van der Waals surface area contributed by atoms with E-state index in [0.717, 1.165) is 11.1 Å². The number of carbonyl (C=O) groups excluding carboxylic acids is 2. The first-order valence-corrected chi connectivity index (χ1v) is 4.98. The summed E-state index contributed by atoms with van der Waals surface area (Å²) < 4.78 is 0. The number of hydrogen-bond acceptors (Lipinski definition) is 3. The van der Waals surface area contributed by atoms with Gasteiger partial charge in [0.05, 0.1) is 6.54 Å². The highest BCUT2D eigenvalue weighted by molar-refractivity contribution is 5.77. The molecule has 5 heteroatoms. The predicted molar refractivity (Wildman–Crippen MR) is 60.2 cm³/mol. The minimum atomic E-state index is -0.174. The normalized spacial score (nSPS) is 9.56. The molecule has 0 unspecified atom stereocenters. The summed E-state index contributed by atoms with van der Waals surface area (Å²) in [4.78, 5) is 21.0. The van der Waals surface area contributed by atoms with Gasteiger partial charge in [-0.25, -0.2) is 0 Å². The maximum atomic E-state index is 10.9. The molecule has 0 bridgehead atoms. The summed E-state index contributed by atoms with van der Waals surface area (Å²) in [5.41, 5.74) is 7.17. The SMILES string of the molecule is NCC(=O)NCc1ccc(CNC=O)cc1. The second kappa shape index (κ2) is 6.58. The summed E-state index contributed by atoms with van der Waals surface area (Å²) >= 11 is 0. The average molecular weight is 221 g/mol. The fraction of sp³-hybridized carbons (Fsp3) is 0.273. The van der Waals surface area contributed by atoms with E-state index in [1.54, 1.807) is 0 Å². The molecule has 0 spiro atoms. The van der Waals surface area contributed by atoms with Crippen LogP contribution in [0.4, 0.5) is 0 Å². The van der Waals surface area contributed by atoms with Gasteiger partial charge >= 0.3 is 0 Å². The van der Waals surface area contributed by atoms with E-state index in [4.69, 9.17) is 5.73 Å². The summed E-state index contributed by atoms with van der Waals surface area (Å²) in [6, 6.07) is 7.61. The van der Waals surface area contributed by atoms with E-state index in [9.17, 15) is 9.59 Å². The van der Waals surface area contributed by atoms with Gasteiger partial charge in [-0.05, 0) is 11.1 Å². The Hall–Kier alpha value is -1.88. The van der Waals surface area contributed by atoms with Crippen LogP contribution in [0.15, 0.2) is 24.3 Å². The molecule has 0 atom stereocenters. The lowest BCUT2D eigenvalue weighted by atomic mass is 10.1. The minimum Gasteiger partial charge on any atom is -0.355 e. The van der Waals surface area contributed by atoms with Crippen molar-refractivity contribution in [1.82, 2.24) is 10.6 Å². The third-order valence-corrected chi connectivity index (χ3v) is 2.09. The molecule has 16 heavy (non-hydrogen) atoms. The molecule has 0 aromatic heterocycles. The Kier molecular flexibility index (Phi) is 5.01. The number of nitrogens with two attached hydrogens (primary N) is 1. The van der Waals surface area contributed by atoms with Crippen LogP contribution < -0.4 is 16.4 Å². The highest BCUT2D eigenvalue weighted by Gasteiger charge is 1.98. The number of benzene rings is 1. The Labute approximate surface area is 94.0 Å². The lowest BCUT2D eigenvalue weighted by Crippen LogP contribution is -2.29. The first-order valence-electron chi connectivity index (χ1n) is 4.98. The van der Waals surface area contributed by atoms with Crippen molar-refractivity contribution in [2.45, 2.75) is 13.1 Å². The lowest BCUT2D eigenvalue weighted by Gasteiger charge is -2.05. The van der Waals surface area contributed by atoms with Gasteiger partial charge in [0, 0.05) is 13.1 Å². The fourth-order valence-electron chi connectivity index (χ4n) is 1.21. The lowest BCUT2D eigenvalue weighted by molar-refractivity contribution is -0.119. The third kappa shape index (κ3) is 4.10. The standard InChI is InChI=1S/C11H15N3O2/c12-5-11(16)14-7-10-3-1-9(2-4-10)6-13-8-15/h1-4,8H,5-7,12H2,(H,13,15)(H,14,16). The van der Waals surface area contributed by atoms with E-state index in [-0.39, 0.29) is 12.5 Å². The van der Waals surface area contributed by atoms with Gasteiger partial charge in [-0.2, -0.15) is 0 Å². The number of nitrogens with one attached hydrogen (secondary N) is 2. The Balaban J connectivity index is 2.44. The van der Waals surface area contributed by atoms with Crippen LogP contribution in [0.2, 0.25) is 0 Å².